The van der Waals surface area contributed by atoms with E-state index < -0.39 is 0 Å². The summed E-state index contributed by atoms with van der Waals surface area (Å²) in [5.74, 6) is 0.814. The molecule has 0 spiro atoms. The first kappa shape index (κ1) is 14.1. The van der Waals surface area contributed by atoms with E-state index in [0.717, 1.165) is 22.3 Å². The Labute approximate surface area is 121 Å². The van der Waals surface area contributed by atoms with E-state index >= 15 is 0 Å². The molecule has 19 heavy (non-hydrogen) atoms. The second-order valence-electron chi connectivity index (χ2n) is 4.36. The van der Waals surface area contributed by atoms with Gasteiger partial charge in [-0.3, -0.25) is 4.68 Å². The maximum atomic E-state index is 5.38. The molecule has 1 aromatic carbocycles. The Morgan fingerprint density at radius 1 is 1.42 bits per heavy atom. The zero-order valence-electron chi connectivity index (χ0n) is 11.4. The molecule has 0 saturated carbocycles. The smallest absolute Gasteiger partial charge is 0.161 e. The standard InChI is InChI=1S/C14H18BrN3O/c1-16-12(8-10-6-4-5-7-11(10)15)14-13(19-3)9-17-18(14)2/h4-7,9,12,16H,8H2,1-3H3. The van der Waals surface area contributed by atoms with Crippen LogP contribution in [0.1, 0.15) is 17.3 Å². The third-order valence-corrected chi connectivity index (χ3v) is 4.00. The fourth-order valence-electron chi connectivity index (χ4n) is 2.20. The van der Waals surface area contributed by atoms with Crippen molar-refractivity contribution in [2.24, 2.45) is 7.05 Å². The molecule has 1 aromatic heterocycles. The lowest BCUT2D eigenvalue weighted by Crippen LogP contribution is -2.22. The molecule has 2 aromatic rings. The number of benzene rings is 1. The van der Waals surface area contributed by atoms with Crippen molar-refractivity contribution in [2.45, 2.75) is 12.5 Å². The van der Waals surface area contributed by atoms with Gasteiger partial charge in [0, 0.05) is 11.5 Å². The van der Waals surface area contributed by atoms with E-state index in [4.69, 9.17) is 4.74 Å². The van der Waals surface area contributed by atoms with Crippen molar-refractivity contribution in [1.29, 1.82) is 0 Å². The summed E-state index contributed by atoms with van der Waals surface area (Å²) in [4.78, 5) is 0. The monoisotopic (exact) mass is 323 g/mol. The first-order valence-electron chi connectivity index (χ1n) is 6.14. The van der Waals surface area contributed by atoms with Gasteiger partial charge in [-0.2, -0.15) is 5.10 Å². The molecule has 1 heterocycles. The fraction of sp³-hybridized carbons (Fsp3) is 0.357. The third-order valence-electron chi connectivity index (χ3n) is 3.23. The summed E-state index contributed by atoms with van der Waals surface area (Å²) in [6, 6.07) is 8.40. The third kappa shape index (κ3) is 2.98. The maximum Gasteiger partial charge on any atom is 0.161 e. The van der Waals surface area contributed by atoms with Crippen LogP contribution in [0.4, 0.5) is 0 Å². The van der Waals surface area contributed by atoms with Gasteiger partial charge in [-0.1, -0.05) is 34.1 Å². The van der Waals surface area contributed by atoms with Crippen molar-refractivity contribution in [3.05, 3.63) is 46.2 Å². The average Bonchev–Trinajstić information content (AvgIpc) is 2.79. The highest BCUT2D eigenvalue weighted by Gasteiger charge is 2.20. The van der Waals surface area contributed by atoms with Crippen LogP contribution in [0.5, 0.6) is 5.75 Å². The molecule has 1 atom stereocenters. The Hall–Kier alpha value is -1.33. The molecule has 0 bridgehead atoms. The fourth-order valence-corrected chi connectivity index (χ4v) is 2.65. The van der Waals surface area contributed by atoms with Gasteiger partial charge in [0.1, 0.15) is 0 Å². The van der Waals surface area contributed by atoms with E-state index in [1.54, 1.807) is 13.3 Å². The van der Waals surface area contributed by atoms with Crippen molar-refractivity contribution in [1.82, 2.24) is 15.1 Å². The minimum atomic E-state index is 0.154. The van der Waals surface area contributed by atoms with Gasteiger partial charge in [-0.05, 0) is 25.1 Å². The summed E-state index contributed by atoms with van der Waals surface area (Å²) in [5, 5.41) is 7.59. The number of hydrogen-bond donors (Lipinski definition) is 1. The topological polar surface area (TPSA) is 39.1 Å². The average molecular weight is 324 g/mol. The number of nitrogens with zero attached hydrogens (tertiary/aromatic N) is 2. The van der Waals surface area contributed by atoms with Crippen LogP contribution in [0.2, 0.25) is 0 Å². The van der Waals surface area contributed by atoms with E-state index in [-0.39, 0.29) is 6.04 Å². The molecule has 0 fully saturated rings. The van der Waals surface area contributed by atoms with Crippen LogP contribution in [-0.2, 0) is 13.5 Å². The molecule has 1 unspecified atom stereocenters. The summed E-state index contributed by atoms with van der Waals surface area (Å²) in [6.45, 7) is 0. The highest BCUT2D eigenvalue weighted by molar-refractivity contribution is 9.10. The summed E-state index contributed by atoms with van der Waals surface area (Å²) in [7, 11) is 5.56. The van der Waals surface area contributed by atoms with E-state index in [1.807, 2.05) is 30.9 Å². The molecule has 1 N–H and O–H groups in total. The van der Waals surface area contributed by atoms with Crippen molar-refractivity contribution >= 4 is 15.9 Å². The number of methoxy groups -OCH3 is 1. The molecule has 102 valence electrons. The van der Waals surface area contributed by atoms with Crippen molar-refractivity contribution < 1.29 is 4.74 Å². The molecule has 0 aliphatic carbocycles. The summed E-state index contributed by atoms with van der Waals surface area (Å²) >= 11 is 3.59. The SMILES string of the molecule is CNC(Cc1ccccc1Br)c1c(OC)cnn1C. The molecule has 0 aliphatic heterocycles. The normalized spacial score (nSPS) is 12.4. The predicted molar refractivity (Wildman–Crippen MR) is 79.4 cm³/mol. The summed E-state index contributed by atoms with van der Waals surface area (Å²) in [5.41, 5.74) is 2.31. The van der Waals surface area contributed by atoms with Crippen LogP contribution < -0.4 is 10.1 Å². The minimum Gasteiger partial charge on any atom is -0.493 e. The number of nitrogens with one attached hydrogen (secondary N) is 1. The molecular weight excluding hydrogens is 306 g/mol. The van der Waals surface area contributed by atoms with Crippen LogP contribution in [0.15, 0.2) is 34.9 Å². The summed E-state index contributed by atoms with van der Waals surface area (Å²) in [6.07, 6.45) is 2.62. The molecule has 2 rings (SSSR count). The van der Waals surface area contributed by atoms with Crippen molar-refractivity contribution in [3.8, 4) is 5.75 Å². The summed E-state index contributed by atoms with van der Waals surface area (Å²) < 4.78 is 8.36. The Balaban J connectivity index is 2.30. The molecule has 0 amide bonds. The first-order chi connectivity index (χ1) is 9.17. The molecule has 0 saturated heterocycles. The second kappa shape index (κ2) is 6.21. The van der Waals surface area contributed by atoms with Gasteiger partial charge in [0.05, 0.1) is 25.0 Å². The quantitative estimate of drug-likeness (QED) is 0.919. The van der Waals surface area contributed by atoms with Crippen molar-refractivity contribution in [2.75, 3.05) is 14.2 Å². The molecule has 5 heteroatoms. The van der Waals surface area contributed by atoms with Crippen LogP contribution >= 0.6 is 15.9 Å². The van der Waals surface area contributed by atoms with E-state index in [0.29, 0.717) is 0 Å². The van der Waals surface area contributed by atoms with Gasteiger partial charge in [-0.15, -0.1) is 0 Å². The van der Waals surface area contributed by atoms with E-state index in [9.17, 15) is 0 Å². The predicted octanol–water partition coefficient (Wildman–Crippen LogP) is 2.69. The van der Waals surface area contributed by atoms with Crippen LogP contribution in [0.3, 0.4) is 0 Å². The van der Waals surface area contributed by atoms with Gasteiger partial charge in [0.25, 0.3) is 0 Å². The van der Waals surface area contributed by atoms with E-state index in [1.165, 1.54) is 5.56 Å². The molecule has 0 radical (unpaired) electrons. The zero-order chi connectivity index (χ0) is 13.8. The minimum absolute atomic E-state index is 0.154. The zero-order valence-corrected chi connectivity index (χ0v) is 12.9. The Morgan fingerprint density at radius 2 is 2.16 bits per heavy atom. The highest BCUT2D eigenvalue weighted by Crippen LogP contribution is 2.28. The number of aryl methyl sites for hydroxylation is 1. The first-order valence-corrected chi connectivity index (χ1v) is 6.93. The van der Waals surface area contributed by atoms with Crippen molar-refractivity contribution in [3.63, 3.8) is 0 Å². The highest BCUT2D eigenvalue weighted by atomic mass is 79.9. The van der Waals surface area contributed by atoms with Crippen LogP contribution in [-0.4, -0.2) is 23.9 Å². The number of likely N-dealkylation sites (N-methyl/N-ethyl adjacent to an activating group) is 1. The molecule has 0 aliphatic rings. The van der Waals surface area contributed by atoms with E-state index in [2.05, 4.69) is 38.5 Å². The number of halogens is 1. The number of hydrogen-bond acceptors (Lipinski definition) is 3. The van der Waals surface area contributed by atoms with Crippen LogP contribution in [0, 0.1) is 0 Å². The molecule has 4 nitrogen and oxygen atoms in total. The van der Waals surface area contributed by atoms with Gasteiger partial charge < -0.3 is 10.1 Å². The van der Waals surface area contributed by atoms with Crippen LogP contribution in [0.25, 0.3) is 0 Å². The second-order valence-corrected chi connectivity index (χ2v) is 5.21. The van der Waals surface area contributed by atoms with Gasteiger partial charge in [0.2, 0.25) is 0 Å². The van der Waals surface area contributed by atoms with Gasteiger partial charge in [-0.25, -0.2) is 0 Å². The number of aromatic nitrogens is 2. The van der Waals surface area contributed by atoms with Gasteiger partial charge in [0.15, 0.2) is 5.75 Å². The molecular formula is C14H18BrN3O. The lowest BCUT2D eigenvalue weighted by atomic mass is 10.0. The Kier molecular flexibility index (Phi) is 4.61. The lowest BCUT2D eigenvalue weighted by molar-refractivity contribution is 0.397. The van der Waals surface area contributed by atoms with Gasteiger partial charge >= 0.3 is 0 Å². The Morgan fingerprint density at radius 3 is 2.79 bits per heavy atom. The lowest BCUT2D eigenvalue weighted by Gasteiger charge is -2.18. The Bertz CT molecular complexity index is 553. The largest absolute Gasteiger partial charge is 0.493 e. The maximum absolute atomic E-state index is 5.38. The number of ether oxygens (including phenoxy) is 1. The number of rotatable bonds is 5.